The lowest BCUT2D eigenvalue weighted by molar-refractivity contribution is 0.0947. The van der Waals surface area contributed by atoms with Crippen molar-refractivity contribution in [2.45, 2.75) is 32.7 Å². The first-order valence-corrected chi connectivity index (χ1v) is 12.5. The largest absolute Gasteiger partial charge is 0.369 e. The third-order valence-corrected chi connectivity index (χ3v) is 6.94. The Balaban J connectivity index is 1.46. The van der Waals surface area contributed by atoms with Crippen LogP contribution in [0.5, 0.6) is 0 Å². The number of nitrogens with zero attached hydrogens (tertiary/aromatic N) is 3. The molecule has 2 N–H and O–H groups in total. The molecule has 1 saturated heterocycles. The number of piperidine rings is 1. The van der Waals surface area contributed by atoms with Crippen LogP contribution in [0.2, 0.25) is 0 Å². The zero-order chi connectivity index (χ0) is 25.2. The molecule has 2 aliphatic heterocycles. The van der Waals surface area contributed by atoms with E-state index in [0.29, 0.717) is 41.7 Å². The Morgan fingerprint density at radius 3 is 2.58 bits per heavy atom. The number of carbonyl (C=O) groups excluding carboxylic acids is 2. The van der Waals surface area contributed by atoms with E-state index in [4.69, 9.17) is 0 Å². The highest BCUT2D eigenvalue weighted by molar-refractivity contribution is 6.07. The minimum atomic E-state index is -0.257. The maximum atomic E-state index is 13.0. The molecule has 186 valence electrons. The summed E-state index contributed by atoms with van der Waals surface area (Å²) in [5.41, 5.74) is 3.58. The van der Waals surface area contributed by atoms with Crippen molar-refractivity contribution in [1.29, 1.82) is 0 Å². The molecule has 2 aromatic heterocycles. The van der Waals surface area contributed by atoms with E-state index in [-0.39, 0.29) is 23.3 Å². The minimum Gasteiger partial charge on any atom is -0.369 e. The van der Waals surface area contributed by atoms with Crippen molar-refractivity contribution < 1.29 is 9.59 Å². The maximum absolute atomic E-state index is 13.0. The molecule has 0 aliphatic carbocycles. The lowest BCUT2D eigenvalue weighted by atomic mass is 9.83. The molecule has 2 aliphatic rings. The predicted octanol–water partition coefficient (Wildman–Crippen LogP) is 3.51. The van der Waals surface area contributed by atoms with E-state index in [1.807, 2.05) is 42.7 Å². The van der Waals surface area contributed by atoms with Gasteiger partial charge in [0.25, 0.3) is 17.4 Å². The molecule has 0 spiro atoms. The molecule has 2 amide bonds. The molecule has 3 aromatic rings. The van der Waals surface area contributed by atoms with Gasteiger partial charge in [-0.2, -0.15) is 0 Å². The van der Waals surface area contributed by atoms with Gasteiger partial charge in [-0.05, 0) is 54.7 Å². The highest BCUT2D eigenvalue weighted by atomic mass is 16.2. The van der Waals surface area contributed by atoms with Gasteiger partial charge in [-0.3, -0.25) is 19.4 Å². The number of pyridine rings is 2. The number of fused-ring (bicyclic) bond motifs is 4. The molecule has 8 heteroatoms. The molecule has 5 rings (SSSR count). The van der Waals surface area contributed by atoms with Crippen LogP contribution in [-0.2, 0) is 6.54 Å². The van der Waals surface area contributed by atoms with E-state index >= 15 is 0 Å². The summed E-state index contributed by atoms with van der Waals surface area (Å²) in [5, 5.41) is 5.99. The van der Waals surface area contributed by atoms with Crippen LogP contribution < -0.4 is 21.1 Å². The van der Waals surface area contributed by atoms with Crippen molar-refractivity contribution in [3.05, 3.63) is 88.1 Å². The summed E-state index contributed by atoms with van der Waals surface area (Å²) in [7, 11) is 0. The van der Waals surface area contributed by atoms with Gasteiger partial charge in [0.15, 0.2) is 0 Å². The summed E-state index contributed by atoms with van der Waals surface area (Å²) >= 11 is 0. The molecule has 4 heterocycles. The van der Waals surface area contributed by atoms with Gasteiger partial charge >= 0.3 is 0 Å². The van der Waals surface area contributed by atoms with Crippen LogP contribution in [0.1, 0.15) is 52.6 Å². The summed E-state index contributed by atoms with van der Waals surface area (Å²) in [6.07, 6.45) is 4.20. The van der Waals surface area contributed by atoms with E-state index in [0.717, 1.165) is 30.9 Å². The van der Waals surface area contributed by atoms with E-state index in [1.165, 1.54) is 0 Å². The van der Waals surface area contributed by atoms with Crippen LogP contribution in [0, 0.1) is 11.8 Å². The van der Waals surface area contributed by atoms with Crippen LogP contribution in [-0.4, -0.2) is 41.0 Å². The van der Waals surface area contributed by atoms with E-state index in [2.05, 4.69) is 20.5 Å². The first-order valence-electron chi connectivity index (χ1n) is 12.5. The number of hydrogen-bond acceptors (Lipinski definition) is 5. The molecule has 2 atom stereocenters. The molecule has 0 saturated carbocycles. The van der Waals surface area contributed by atoms with E-state index < -0.39 is 0 Å². The summed E-state index contributed by atoms with van der Waals surface area (Å²) in [4.78, 5) is 44.5. The normalized spacial score (nSPS) is 18.5. The van der Waals surface area contributed by atoms with Crippen molar-refractivity contribution in [2.24, 2.45) is 11.8 Å². The first-order chi connectivity index (χ1) is 17.4. The van der Waals surface area contributed by atoms with Crippen LogP contribution in [0.25, 0.3) is 0 Å². The first kappa shape index (κ1) is 23.8. The third kappa shape index (κ3) is 4.89. The van der Waals surface area contributed by atoms with Crippen LogP contribution >= 0.6 is 0 Å². The Labute approximate surface area is 210 Å². The molecule has 0 radical (unpaired) electrons. The zero-order valence-corrected chi connectivity index (χ0v) is 20.6. The van der Waals surface area contributed by atoms with Gasteiger partial charge in [0.05, 0.1) is 11.4 Å². The van der Waals surface area contributed by atoms with E-state index in [9.17, 15) is 14.4 Å². The van der Waals surface area contributed by atoms with Crippen molar-refractivity contribution in [2.75, 3.05) is 29.9 Å². The number of aromatic nitrogens is 2. The fraction of sp³-hybridized carbons (Fsp3) is 0.357. The van der Waals surface area contributed by atoms with Crippen molar-refractivity contribution in [3.63, 3.8) is 0 Å². The van der Waals surface area contributed by atoms with Gasteiger partial charge in [0.1, 0.15) is 0 Å². The predicted molar refractivity (Wildman–Crippen MR) is 140 cm³/mol. The maximum Gasteiger partial charge on any atom is 0.255 e. The Morgan fingerprint density at radius 1 is 1.00 bits per heavy atom. The molecular formula is C28H31N5O3. The third-order valence-electron chi connectivity index (χ3n) is 6.94. The van der Waals surface area contributed by atoms with E-state index in [1.54, 1.807) is 36.7 Å². The number of nitrogens with one attached hydrogen (secondary N) is 2. The van der Waals surface area contributed by atoms with Gasteiger partial charge in [0.2, 0.25) is 0 Å². The molecule has 2 unspecified atom stereocenters. The number of hydrogen-bond donors (Lipinski definition) is 2. The number of carbonyl (C=O) groups is 2. The fourth-order valence-corrected chi connectivity index (χ4v) is 5.24. The molecular weight excluding hydrogens is 454 g/mol. The fourth-order valence-electron chi connectivity index (χ4n) is 5.24. The second-order valence-corrected chi connectivity index (χ2v) is 10.1. The van der Waals surface area contributed by atoms with Crippen LogP contribution in [0.15, 0.2) is 65.7 Å². The topological polar surface area (TPSA) is 96.3 Å². The number of rotatable bonds is 6. The van der Waals surface area contributed by atoms with Crippen LogP contribution in [0.3, 0.4) is 0 Å². The zero-order valence-electron chi connectivity index (χ0n) is 20.6. The summed E-state index contributed by atoms with van der Waals surface area (Å²) in [6, 6.07) is 14.3. The quantitative estimate of drug-likeness (QED) is 0.557. The minimum absolute atomic E-state index is 0.0534. The summed E-state index contributed by atoms with van der Waals surface area (Å²) < 4.78 is 1.91. The molecule has 8 nitrogen and oxygen atoms in total. The Bertz CT molecular complexity index is 1330. The Hall–Kier alpha value is -3.94. The number of anilines is 2. The second-order valence-electron chi connectivity index (χ2n) is 10.1. The lowest BCUT2D eigenvalue weighted by Gasteiger charge is -2.44. The number of benzene rings is 1. The van der Waals surface area contributed by atoms with Crippen LogP contribution in [0.4, 0.5) is 11.4 Å². The monoisotopic (exact) mass is 485 g/mol. The SMILES string of the molecule is CC(C)CNC(=O)c1ccc(N2CC3CC(C2)c2cccc(=O)n2C3)c(NC(=O)c2ccncc2)c1. The highest BCUT2D eigenvalue weighted by Gasteiger charge is 2.35. The molecule has 1 fully saturated rings. The Morgan fingerprint density at radius 2 is 1.81 bits per heavy atom. The second kappa shape index (κ2) is 9.97. The average Bonchev–Trinajstić information content (AvgIpc) is 2.88. The standard InChI is InChI=1S/C28H31N5O3/c1-18(2)14-30-27(35)21-6-7-25(23(13-21)31-28(36)20-8-10-29-11-9-20)32-15-19-12-22(17-32)24-4-3-5-26(34)33(24)16-19/h3-11,13,18-19,22H,12,14-17H2,1-2H3,(H,30,35)(H,31,36). The van der Waals surface area contributed by atoms with Crippen molar-refractivity contribution in [3.8, 4) is 0 Å². The average molecular weight is 486 g/mol. The van der Waals surface area contributed by atoms with Gasteiger partial charge in [-0.15, -0.1) is 0 Å². The van der Waals surface area contributed by atoms with Gasteiger partial charge < -0.3 is 20.1 Å². The lowest BCUT2D eigenvalue weighted by Crippen LogP contribution is -2.47. The van der Waals surface area contributed by atoms with Gasteiger partial charge in [-0.1, -0.05) is 19.9 Å². The Kier molecular flexibility index (Phi) is 6.59. The molecule has 1 aromatic carbocycles. The molecule has 2 bridgehead atoms. The van der Waals surface area contributed by atoms with Crippen molar-refractivity contribution in [1.82, 2.24) is 14.9 Å². The summed E-state index contributed by atoms with van der Waals surface area (Å²) in [5.74, 6) is 0.464. The smallest absolute Gasteiger partial charge is 0.255 e. The number of amides is 2. The summed E-state index contributed by atoms with van der Waals surface area (Å²) in [6.45, 7) is 6.86. The highest BCUT2D eigenvalue weighted by Crippen LogP contribution is 2.39. The van der Waals surface area contributed by atoms with Crippen molar-refractivity contribution >= 4 is 23.2 Å². The van der Waals surface area contributed by atoms with Gasteiger partial charge in [0, 0.05) is 67.4 Å². The van der Waals surface area contributed by atoms with Gasteiger partial charge in [-0.25, -0.2) is 0 Å². The molecule has 36 heavy (non-hydrogen) atoms.